The number of aromatic amines is 1. The van der Waals surface area contributed by atoms with Crippen LogP contribution in [0.25, 0.3) is 23.1 Å². The number of hydrogen-bond donors (Lipinski definition) is 2. The highest BCUT2D eigenvalue weighted by Crippen LogP contribution is 2.32. The molecule has 6 nitrogen and oxygen atoms in total. The first-order chi connectivity index (χ1) is 14.7. The van der Waals surface area contributed by atoms with Gasteiger partial charge in [0.25, 0.3) is 5.91 Å². The van der Waals surface area contributed by atoms with Gasteiger partial charge in [0.1, 0.15) is 0 Å². The van der Waals surface area contributed by atoms with E-state index in [-0.39, 0.29) is 5.91 Å². The number of amides is 1. The van der Waals surface area contributed by atoms with Gasteiger partial charge in [-0.05, 0) is 61.5 Å². The highest BCUT2D eigenvalue weighted by atomic mass is 32.2. The molecule has 0 fully saturated rings. The van der Waals surface area contributed by atoms with Gasteiger partial charge in [-0.3, -0.25) is 19.7 Å². The largest absolute Gasteiger partial charge is 0.277 e. The fourth-order valence-corrected chi connectivity index (χ4v) is 3.90. The van der Waals surface area contributed by atoms with Crippen molar-refractivity contribution in [3.05, 3.63) is 83.8 Å². The van der Waals surface area contributed by atoms with Crippen molar-refractivity contribution in [3.63, 3.8) is 0 Å². The Kier molecular flexibility index (Phi) is 6.22. The van der Waals surface area contributed by atoms with Crippen molar-refractivity contribution in [2.75, 3.05) is 6.61 Å². The van der Waals surface area contributed by atoms with Crippen molar-refractivity contribution in [1.82, 2.24) is 20.7 Å². The molecule has 30 heavy (non-hydrogen) atoms. The minimum absolute atomic E-state index is 0.260. The zero-order valence-corrected chi connectivity index (χ0v) is 17.1. The van der Waals surface area contributed by atoms with Crippen molar-refractivity contribution >= 4 is 40.7 Å². The van der Waals surface area contributed by atoms with Crippen LogP contribution >= 0.6 is 11.8 Å². The maximum Gasteiger partial charge on any atom is 0.275 e. The van der Waals surface area contributed by atoms with Gasteiger partial charge in [-0.1, -0.05) is 30.0 Å². The number of rotatable bonds is 7. The van der Waals surface area contributed by atoms with Gasteiger partial charge in [-0.25, -0.2) is 5.48 Å². The summed E-state index contributed by atoms with van der Waals surface area (Å²) in [5, 5.41) is 8.51. The van der Waals surface area contributed by atoms with Crippen LogP contribution in [0.3, 0.4) is 0 Å². The van der Waals surface area contributed by atoms with E-state index in [9.17, 15) is 4.79 Å². The van der Waals surface area contributed by atoms with Crippen LogP contribution in [0.15, 0.2) is 76.7 Å². The molecule has 4 aromatic rings. The molecule has 0 aliphatic carbocycles. The van der Waals surface area contributed by atoms with Gasteiger partial charge in [0.15, 0.2) is 0 Å². The number of nitrogens with one attached hydrogen (secondary N) is 2. The van der Waals surface area contributed by atoms with Gasteiger partial charge in [-0.2, -0.15) is 5.10 Å². The van der Waals surface area contributed by atoms with Crippen LogP contribution in [0.5, 0.6) is 0 Å². The van der Waals surface area contributed by atoms with Crippen molar-refractivity contribution in [2.45, 2.75) is 16.7 Å². The Bertz CT molecular complexity index is 1190. The Balaban J connectivity index is 1.56. The molecule has 1 amide bonds. The first-order valence-corrected chi connectivity index (χ1v) is 10.3. The first kappa shape index (κ1) is 19.9. The molecular weight excluding hydrogens is 396 g/mol. The van der Waals surface area contributed by atoms with Crippen LogP contribution in [0.4, 0.5) is 0 Å². The second-order valence-electron chi connectivity index (χ2n) is 6.37. The molecule has 0 saturated heterocycles. The summed E-state index contributed by atoms with van der Waals surface area (Å²) in [7, 11) is 0. The summed E-state index contributed by atoms with van der Waals surface area (Å²) < 4.78 is 0. The normalized spacial score (nSPS) is 11.2. The number of hydroxylamine groups is 1. The number of nitrogens with zero attached hydrogens (tertiary/aromatic N) is 2. The molecule has 0 aliphatic rings. The van der Waals surface area contributed by atoms with E-state index in [1.807, 2.05) is 73.7 Å². The average molecular weight is 417 g/mol. The highest BCUT2D eigenvalue weighted by Gasteiger charge is 2.13. The third kappa shape index (κ3) is 4.59. The minimum Gasteiger partial charge on any atom is -0.277 e. The van der Waals surface area contributed by atoms with E-state index in [0.717, 1.165) is 32.1 Å². The zero-order chi connectivity index (χ0) is 20.8. The van der Waals surface area contributed by atoms with Crippen LogP contribution in [0, 0.1) is 0 Å². The van der Waals surface area contributed by atoms with E-state index >= 15 is 0 Å². The minimum atomic E-state index is -0.260. The van der Waals surface area contributed by atoms with Crippen LogP contribution in [-0.4, -0.2) is 27.7 Å². The predicted octanol–water partition coefficient (Wildman–Crippen LogP) is 4.96. The molecule has 2 heterocycles. The van der Waals surface area contributed by atoms with Crippen molar-refractivity contribution in [1.29, 1.82) is 0 Å². The maximum atomic E-state index is 12.3. The molecule has 0 radical (unpaired) electrons. The van der Waals surface area contributed by atoms with Gasteiger partial charge in [-0.15, -0.1) is 0 Å². The molecule has 0 atom stereocenters. The molecule has 0 bridgehead atoms. The Labute approximate surface area is 178 Å². The van der Waals surface area contributed by atoms with Crippen molar-refractivity contribution < 1.29 is 9.63 Å². The lowest BCUT2D eigenvalue weighted by molar-refractivity contribution is 0.0362. The van der Waals surface area contributed by atoms with Gasteiger partial charge in [0.2, 0.25) is 0 Å². The Morgan fingerprint density at radius 3 is 2.83 bits per heavy atom. The molecule has 0 spiro atoms. The van der Waals surface area contributed by atoms with Crippen LogP contribution in [0.2, 0.25) is 0 Å². The average Bonchev–Trinajstić information content (AvgIpc) is 3.19. The van der Waals surface area contributed by atoms with E-state index in [0.29, 0.717) is 12.2 Å². The van der Waals surface area contributed by atoms with Gasteiger partial charge in [0.05, 0.1) is 29.1 Å². The first-order valence-electron chi connectivity index (χ1n) is 9.51. The fourth-order valence-electron chi connectivity index (χ4n) is 2.91. The number of fused-ring (bicyclic) bond motifs is 1. The smallest absolute Gasteiger partial charge is 0.275 e. The molecule has 0 aliphatic heterocycles. The van der Waals surface area contributed by atoms with E-state index in [1.165, 1.54) is 11.8 Å². The standard InChI is InChI=1S/C23H20N4O2S/c1-2-29-27-23(28)19-8-3-4-9-22(19)30-17-11-12-18-20(25-26-21(18)15-17)13-10-16-7-5-6-14-24-16/h3-15H,2H2,1H3,(H,25,26)(H,27,28)/b13-10+. The number of hydrogen-bond acceptors (Lipinski definition) is 5. The predicted molar refractivity (Wildman–Crippen MR) is 119 cm³/mol. The molecule has 2 aromatic carbocycles. The van der Waals surface area contributed by atoms with Gasteiger partial charge < -0.3 is 0 Å². The Morgan fingerprint density at radius 2 is 2.00 bits per heavy atom. The van der Waals surface area contributed by atoms with Crippen LogP contribution in [0.1, 0.15) is 28.7 Å². The topological polar surface area (TPSA) is 79.9 Å². The third-order valence-corrected chi connectivity index (χ3v) is 5.40. The van der Waals surface area contributed by atoms with Gasteiger partial charge in [0, 0.05) is 21.4 Å². The molecule has 150 valence electrons. The molecule has 7 heteroatoms. The summed E-state index contributed by atoms with van der Waals surface area (Å²) in [6.45, 7) is 2.23. The van der Waals surface area contributed by atoms with Crippen molar-refractivity contribution in [2.24, 2.45) is 0 Å². The molecule has 4 rings (SSSR count). The quantitative estimate of drug-likeness (QED) is 0.416. The summed E-state index contributed by atoms with van der Waals surface area (Å²) in [4.78, 5) is 23.5. The molecular formula is C23H20N4O2S. The van der Waals surface area contributed by atoms with Crippen LogP contribution < -0.4 is 5.48 Å². The molecule has 0 saturated carbocycles. The van der Waals surface area contributed by atoms with Crippen LogP contribution in [-0.2, 0) is 4.84 Å². The van der Waals surface area contributed by atoms with E-state index in [2.05, 4.69) is 20.7 Å². The SMILES string of the molecule is CCONC(=O)c1ccccc1Sc1ccc2c(/C=C/c3ccccn3)n[nH]c2c1. The Hall–Kier alpha value is -3.42. The summed E-state index contributed by atoms with van der Waals surface area (Å²) in [6, 6.07) is 19.3. The Morgan fingerprint density at radius 1 is 1.13 bits per heavy atom. The second-order valence-corrected chi connectivity index (χ2v) is 7.48. The highest BCUT2D eigenvalue weighted by molar-refractivity contribution is 7.99. The number of benzene rings is 2. The van der Waals surface area contributed by atoms with E-state index < -0.39 is 0 Å². The van der Waals surface area contributed by atoms with Crippen molar-refractivity contribution in [3.8, 4) is 0 Å². The summed E-state index contributed by atoms with van der Waals surface area (Å²) in [5.41, 5.74) is 5.68. The number of carbonyl (C=O) groups is 1. The molecule has 0 unspecified atom stereocenters. The maximum absolute atomic E-state index is 12.3. The molecule has 2 N–H and O–H groups in total. The monoisotopic (exact) mass is 416 g/mol. The lowest BCUT2D eigenvalue weighted by Gasteiger charge is -2.09. The number of H-pyrrole nitrogens is 1. The number of carbonyl (C=O) groups excluding carboxylic acids is 1. The third-order valence-electron chi connectivity index (χ3n) is 4.33. The number of aromatic nitrogens is 3. The zero-order valence-electron chi connectivity index (χ0n) is 16.3. The van der Waals surface area contributed by atoms with Gasteiger partial charge >= 0.3 is 0 Å². The summed E-state index contributed by atoms with van der Waals surface area (Å²) >= 11 is 1.52. The lowest BCUT2D eigenvalue weighted by atomic mass is 10.2. The summed E-state index contributed by atoms with van der Waals surface area (Å²) in [5.74, 6) is -0.260. The lowest BCUT2D eigenvalue weighted by Crippen LogP contribution is -2.24. The second kappa shape index (κ2) is 9.39. The molecule has 2 aromatic heterocycles. The number of pyridine rings is 1. The van der Waals surface area contributed by atoms with E-state index in [4.69, 9.17) is 4.84 Å². The fraction of sp³-hybridized carbons (Fsp3) is 0.0870. The summed E-state index contributed by atoms with van der Waals surface area (Å²) in [6.07, 6.45) is 5.64. The van der Waals surface area contributed by atoms with E-state index in [1.54, 1.807) is 12.3 Å².